The summed E-state index contributed by atoms with van der Waals surface area (Å²) in [6.07, 6.45) is 1.41. The van der Waals surface area contributed by atoms with Crippen molar-refractivity contribution in [3.63, 3.8) is 0 Å². The number of nitrogens with zero attached hydrogens (tertiary/aromatic N) is 3. The van der Waals surface area contributed by atoms with Gasteiger partial charge in [0.2, 0.25) is 0 Å². The fourth-order valence-electron chi connectivity index (χ4n) is 4.53. The number of benzene rings is 3. The van der Waals surface area contributed by atoms with E-state index in [-0.39, 0.29) is 5.75 Å². The van der Waals surface area contributed by atoms with E-state index in [1.807, 2.05) is 18.2 Å². The van der Waals surface area contributed by atoms with Crippen LogP contribution in [0, 0.1) is 11.3 Å². The second-order valence-corrected chi connectivity index (χ2v) is 9.38. The lowest BCUT2D eigenvalue weighted by atomic mass is 9.87. The second kappa shape index (κ2) is 10.3. The molecule has 1 aliphatic rings. The molecule has 0 aliphatic carbocycles. The lowest BCUT2D eigenvalue weighted by Gasteiger charge is -2.47. The van der Waals surface area contributed by atoms with E-state index < -0.39 is 5.54 Å². The Bertz CT molecular complexity index is 1070. The van der Waals surface area contributed by atoms with Gasteiger partial charge in [-0.05, 0) is 47.7 Å². The molecule has 1 fully saturated rings. The lowest BCUT2D eigenvalue weighted by molar-refractivity contribution is 0.0169. The van der Waals surface area contributed by atoms with Crippen LogP contribution in [-0.4, -0.2) is 40.1 Å². The van der Waals surface area contributed by atoms with Crippen LogP contribution in [0.5, 0.6) is 5.75 Å². The summed E-state index contributed by atoms with van der Waals surface area (Å²) in [6, 6.07) is 28.9. The van der Waals surface area contributed by atoms with Gasteiger partial charge < -0.3 is 5.11 Å². The predicted octanol–water partition coefficient (Wildman–Crippen LogP) is 5.37. The van der Waals surface area contributed by atoms with E-state index in [4.69, 9.17) is 0 Å². The van der Waals surface area contributed by atoms with Gasteiger partial charge >= 0.3 is 0 Å². The van der Waals surface area contributed by atoms with Crippen molar-refractivity contribution in [2.24, 2.45) is 0 Å². The molecule has 3 aromatic rings. The first kappa shape index (κ1) is 22.5. The molecule has 1 heterocycles. The summed E-state index contributed by atoms with van der Waals surface area (Å²) >= 11 is 3.60. The summed E-state index contributed by atoms with van der Waals surface area (Å²) in [7, 11) is 0. The van der Waals surface area contributed by atoms with E-state index >= 15 is 0 Å². The van der Waals surface area contributed by atoms with E-state index in [0.29, 0.717) is 19.4 Å². The van der Waals surface area contributed by atoms with Crippen LogP contribution in [0.15, 0.2) is 83.3 Å². The van der Waals surface area contributed by atoms with Crippen molar-refractivity contribution in [1.82, 2.24) is 9.80 Å². The van der Waals surface area contributed by atoms with Gasteiger partial charge in [-0.25, -0.2) is 0 Å². The largest absolute Gasteiger partial charge is 0.508 e. The molecular weight excluding hydrogens is 462 g/mol. The minimum Gasteiger partial charge on any atom is -0.508 e. The minimum absolute atomic E-state index is 0.254. The average Bonchev–Trinajstić information content (AvgIpc) is 2.82. The molecule has 4 nitrogen and oxygen atoms in total. The van der Waals surface area contributed by atoms with Crippen molar-refractivity contribution in [3.05, 3.63) is 100 Å². The van der Waals surface area contributed by atoms with Gasteiger partial charge in [-0.1, -0.05) is 76.6 Å². The second-order valence-electron chi connectivity index (χ2n) is 8.52. The molecule has 32 heavy (non-hydrogen) atoms. The van der Waals surface area contributed by atoms with E-state index in [1.54, 1.807) is 12.1 Å². The zero-order chi connectivity index (χ0) is 22.4. The molecule has 0 saturated carbocycles. The van der Waals surface area contributed by atoms with E-state index in [1.165, 1.54) is 11.1 Å². The molecule has 164 valence electrons. The average molecular weight is 490 g/mol. The smallest absolute Gasteiger partial charge is 0.122 e. The van der Waals surface area contributed by atoms with Crippen LogP contribution in [0.4, 0.5) is 0 Å². The maximum absolute atomic E-state index is 10.5. The van der Waals surface area contributed by atoms with Crippen LogP contribution in [0.3, 0.4) is 0 Å². The molecule has 1 atom stereocenters. The fourth-order valence-corrected chi connectivity index (χ4v) is 4.97. The quantitative estimate of drug-likeness (QED) is 0.484. The molecule has 5 heteroatoms. The van der Waals surface area contributed by atoms with Crippen molar-refractivity contribution in [2.45, 2.75) is 31.5 Å². The Morgan fingerprint density at radius 1 is 0.906 bits per heavy atom. The monoisotopic (exact) mass is 489 g/mol. The zero-order valence-electron chi connectivity index (χ0n) is 18.1. The molecule has 0 amide bonds. The Labute approximate surface area is 198 Å². The van der Waals surface area contributed by atoms with Gasteiger partial charge in [0, 0.05) is 37.2 Å². The SMILES string of the molecule is N#CC1(CCc2cc(O)ccc2Br)CN(Cc2ccccc2)CCN1Cc1ccccc1. The van der Waals surface area contributed by atoms with Crippen molar-refractivity contribution >= 4 is 15.9 Å². The summed E-state index contributed by atoms with van der Waals surface area (Å²) in [5.74, 6) is 0.254. The third-order valence-corrected chi connectivity index (χ3v) is 7.06. The topological polar surface area (TPSA) is 50.5 Å². The van der Waals surface area contributed by atoms with Crippen LogP contribution in [0.2, 0.25) is 0 Å². The highest BCUT2D eigenvalue weighted by Crippen LogP contribution is 2.31. The Balaban J connectivity index is 1.57. The van der Waals surface area contributed by atoms with E-state index in [2.05, 4.69) is 80.3 Å². The van der Waals surface area contributed by atoms with Crippen LogP contribution in [0.25, 0.3) is 0 Å². The van der Waals surface area contributed by atoms with Crippen LogP contribution in [-0.2, 0) is 19.5 Å². The first-order valence-electron chi connectivity index (χ1n) is 11.0. The molecule has 1 aliphatic heterocycles. The summed E-state index contributed by atoms with van der Waals surface area (Å²) in [4.78, 5) is 4.75. The first-order valence-corrected chi connectivity index (χ1v) is 11.8. The molecule has 4 rings (SSSR count). The maximum atomic E-state index is 10.5. The van der Waals surface area contributed by atoms with Gasteiger partial charge in [0.1, 0.15) is 11.3 Å². The van der Waals surface area contributed by atoms with Crippen LogP contribution in [0.1, 0.15) is 23.1 Å². The van der Waals surface area contributed by atoms with Gasteiger partial charge in [0.25, 0.3) is 0 Å². The molecule has 0 bridgehead atoms. The third-order valence-electron chi connectivity index (χ3n) is 6.29. The highest BCUT2D eigenvalue weighted by Gasteiger charge is 2.41. The molecule has 3 aromatic carbocycles. The summed E-state index contributed by atoms with van der Waals surface area (Å²) in [5.41, 5.74) is 2.92. The highest BCUT2D eigenvalue weighted by atomic mass is 79.9. The molecule has 1 unspecified atom stereocenters. The Kier molecular flexibility index (Phi) is 7.26. The van der Waals surface area contributed by atoms with Gasteiger partial charge in [0.15, 0.2) is 0 Å². The van der Waals surface area contributed by atoms with E-state index in [9.17, 15) is 10.4 Å². The Morgan fingerprint density at radius 3 is 2.22 bits per heavy atom. The maximum Gasteiger partial charge on any atom is 0.122 e. The number of nitriles is 1. The summed E-state index contributed by atoms with van der Waals surface area (Å²) < 4.78 is 0.968. The van der Waals surface area contributed by atoms with Gasteiger partial charge in [-0.2, -0.15) is 5.26 Å². The zero-order valence-corrected chi connectivity index (χ0v) is 19.7. The normalized spacial score (nSPS) is 19.5. The number of aryl methyl sites for hydroxylation is 1. The molecule has 1 saturated heterocycles. The number of piperazine rings is 1. The van der Waals surface area contributed by atoms with Crippen molar-refractivity contribution in [2.75, 3.05) is 19.6 Å². The van der Waals surface area contributed by atoms with E-state index in [0.717, 1.165) is 36.2 Å². The molecule has 0 aromatic heterocycles. The molecule has 1 N–H and O–H groups in total. The lowest BCUT2D eigenvalue weighted by Crippen LogP contribution is -2.61. The number of phenolic OH excluding ortho intramolecular Hbond substituents is 1. The van der Waals surface area contributed by atoms with Crippen molar-refractivity contribution in [1.29, 1.82) is 5.26 Å². The Hall–Kier alpha value is -2.65. The predicted molar refractivity (Wildman–Crippen MR) is 131 cm³/mol. The fraction of sp³-hybridized carbons (Fsp3) is 0.296. The minimum atomic E-state index is -0.603. The number of hydrogen-bond acceptors (Lipinski definition) is 4. The number of hydrogen-bond donors (Lipinski definition) is 1. The van der Waals surface area contributed by atoms with Gasteiger partial charge in [-0.15, -0.1) is 0 Å². The number of aromatic hydroxyl groups is 1. The van der Waals surface area contributed by atoms with Crippen molar-refractivity contribution in [3.8, 4) is 11.8 Å². The van der Waals surface area contributed by atoms with Crippen molar-refractivity contribution < 1.29 is 5.11 Å². The van der Waals surface area contributed by atoms with Gasteiger partial charge in [-0.3, -0.25) is 9.80 Å². The summed E-state index contributed by atoms with van der Waals surface area (Å²) in [5, 5.41) is 20.4. The molecule has 0 radical (unpaired) electrons. The molecule has 0 spiro atoms. The molecular formula is C27H28BrN3O. The third kappa shape index (κ3) is 5.39. The van der Waals surface area contributed by atoms with Gasteiger partial charge in [0.05, 0.1) is 6.07 Å². The summed E-state index contributed by atoms with van der Waals surface area (Å²) in [6.45, 7) is 4.08. The van der Waals surface area contributed by atoms with Crippen LogP contribution < -0.4 is 0 Å². The first-order chi connectivity index (χ1) is 15.6. The van der Waals surface area contributed by atoms with Crippen LogP contribution >= 0.6 is 15.9 Å². The number of phenols is 1. The number of rotatable bonds is 7. The highest BCUT2D eigenvalue weighted by molar-refractivity contribution is 9.10. The Morgan fingerprint density at radius 2 is 1.56 bits per heavy atom. The number of halogens is 1. The standard InChI is InChI=1S/C27H28BrN3O/c28-26-12-11-25(32)17-24(26)13-14-27(20-29)21-30(18-22-7-3-1-4-8-22)15-16-31(27)19-23-9-5-2-6-10-23/h1-12,17,32H,13-16,18-19,21H2.